The van der Waals surface area contributed by atoms with Gasteiger partial charge in [0.15, 0.2) is 0 Å². The Bertz CT molecular complexity index is 1090. The summed E-state index contributed by atoms with van der Waals surface area (Å²) in [4.78, 5) is 20.1. The van der Waals surface area contributed by atoms with Crippen molar-refractivity contribution in [3.05, 3.63) is 48.3 Å². The molecule has 1 N–H and O–H groups in total. The molecule has 0 saturated carbocycles. The first-order chi connectivity index (χ1) is 12.9. The van der Waals surface area contributed by atoms with E-state index in [0.717, 1.165) is 0 Å². The smallest absolute Gasteiger partial charge is 0.217 e. The van der Waals surface area contributed by atoms with Crippen molar-refractivity contribution in [2.45, 2.75) is 19.9 Å². The summed E-state index contributed by atoms with van der Waals surface area (Å²) in [5.41, 5.74) is 1.93. The minimum absolute atomic E-state index is 0.218. The van der Waals surface area contributed by atoms with Crippen LogP contribution in [0.2, 0.25) is 0 Å². The molecule has 0 saturated heterocycles. The quantitative estimate of drug-likeness (QED) is 0.675. The predicted molar refractivity (Wildman–Crippen MR) is 98.2 cm³/mol. The van der Waals surface area contributed by atoms with Gasteiger partial charge in [-0.3, -0.25) is 14.3 Å². The predicted octanol–water partition coefficient (Wildman–Crippen LogP) is 3.10. The number of nitrogens with zero attached hydrogens (tertiary/aromatic N) is 4. The molecular formula is C17H17FN5O3S-. The van der Waals surface area contributed by atoms with Crippen molar-refractivity contribution in [2.24, 2.45) is 4.36 Å². The Labute approximate surface area is 156 Å². The number of benzene rings is 1. The lowest BCUT2D eigenvalue weighted by Gasteiger charge is -2.16. The lowest BCUT2D eigenvalue weighted by Crippen LogP contribution is -2.26. The number of aromatic nitrogens is 3. The van der Waals surface area contributed by atoms with E-state index >= 15 is 0 Å². The van der Waals surface area contributed by atoms with Crippen LogP contribution < -0.4 is 5.32 Å². The van der Waals surface area contributed by atoms with Gasteiger partial charge in [-0.2, -0.15) is 0 Å². The summed E-state index contributed by atoms with van der Waals surface area (Å²) in [5.74, 6) is -0.140. The van der Waals surface area contributed by atoms with Crippen LogP contribution in [0.1, 0.15) is 25.7 Å². The molecule has 0 aliphatic rings. The number of nitrogens with one attached hydrogen (secondary N) is 1. The highest BCUT2D eigenvalue weighted by molar-refractivity contribution is 7.69. The summed E-state index contributed by atoms with van der Waals surface area (Å²) in [6.07, 6.45) is 2.97. The standard InChI is InChI=1S/C17H17FN5O3S/c1-10(20-11(2)24)17-21-15-5-4-12(18)6-16(15)23(17)14-7-13(8-19-9-14)22-27(25)26-3/h4-10H,1-3H3,(H,20,24)/q-1. The van der Waals surface area contributed by atoms with Gasteiger partial charge < -0.3 is 18.1 Å². The van der Waals surface area contributed by atoms with E-state index in [1.165, 1.54) is 32.4 Å². The van der Waals surface area contributed by atoms with Gasteiger partial charge in [0.2, 0.25) is 5.91 Å². The van der Waals surface area contributed by atoms with E-state index in [4.69, 9.17) is 0 Å². The summed E-state index contributed by atoms with van der Waals surface area (Å²) in [6.45, 7) is 3.18. The molecule has 142 valence electrons. The van der Waals surface area contributed by atoms with Crippen molar-refractivity contribution >= 4 is 33.5 Å². The molecule has 0 aliphatic carbocycles. The lowest BCUT2D eigenvalue weighted by molar-refractivity contribution is -0.119. The van der Waals surface area contributed by atoms with Crippen LogP contribution in [-0.2, 0) is 24.1 Å². The van der Waals surface area contributed by atoms with Crippen LogP contribution in [0.5, 0.6) is 0 Å². The van der Waals surface area contributed by atoms with Crippen LogP contribution in [0.4, 0.5) is 10.1 Å². The SMILES string of the molecule is CO[S-](=O)=Nc1cncc(-n2c(C(C)NC(C)=O)nc3ccc(F)cc32)c1. The monoisotopic (exact) mass is 390 g/mol. The van der Waals surface area contributed by atoms with Crippen molar-refractivity contribution in [3.8, 4) is 5.69 Å². The molecule has 3 rings (SSSR count). The molecule has 1 unspecified atom stereocenters. The largest absolute Gasteiger partial charge is 0.441 e. The molecule has 8 nitrogen and oxygen atoms in total. The number of hydrogen-bond donors (Lipinski definition) is 1. The van der Waals surface area contributed by atoms with Crippen molar-refractivity contribution in [3.63, 3.8) is 0 Å². The second-order valence-corrected chi connectivity index (χ2v) is 6.69. The van der Waals surface area contributed by atoms with Gasteiger partial charge in [0.25, 0.3) is 0 Å². The van der Waals surface area contributed by atoms with Gasteiger partial charge >= 0.3 is 0 Å². The Hall–Kier alpha value is -2.85. The lowest BCUT2D eigenvalue weighted by atomic mass is 10.2. The van der Waals surface area contributed by atoms with Gasteiger partial charge in [-0.1, -0.05) is 10.9 Å². The molecule has 0 spiro atoms. The number of imidazole rings is 1. The fourth-order valence-corrected chi connectivity index (χ4v) is 3.06. The summed E-state index contributed by atoms with van der Waals surface area (Å²) < 4.78 is 35.6. The first-order valence-electron chi connectivity index (χ1n) is 7.97. The normalized spacial score (nSPS) is 13.6. The number of carbonyl (C=O) groups is 1. The zero-order valence-electron chi connectivity index (χ0n) is 14.8. The molecule has 1 aromatic carbocycles. The maximum Gasteiger partial charge on any atom is 0.217 e. The van der Waals surface area contributed by atoms with E-state index in [1.807, 2.05) is 0 Å². The third kappa shape index (κ3) is 4.12. The Kier molecular flexibility index (Phi) is 5.47. The summed E-state index contributed by atoms with van der Waals surface area (Å²) in [6, 6.07) is 5.42. The first kappa shape index (κ1) is 18.9. The molecule has 0 radical (unpaired) electrons. The molecule has 0 fully saturated rings. The number of halogens is 1. The van der Waals surface area contributed by atoms with E-state index in [0.29, 0.717) is 28.2 Å². The Balaban J connectivity index is 2.22. The number of amides is 1. The summed E-state index contributed by atoms with van der Waals surface area (Å²) in [7, 11) is -0.569. The molecule has 2 heterocycles. The minimum atomic E-state index is -1.84. The molecule has 2 aromatic heterocycles. The van der Waals surface area contributed by atoms with Crippen molar-refractivity contribution < 1.29 is 17.6 Å². The van der Waals surface area contributed by atoms with E-state index < -0.39 is 22.7 Å². The molecule has 1 amide bonds. The van der Waals surface area contributed by atoms with Gasteiger partial charge in [-0.25, -0.2) is 9.37 Å². The van der Waals surface area contributed by atoms with E-state index in [-0.39, 0.29) is 5.91 Å². The van der Waals surface area contributed by atoms with Crippen molar-refractivity contribution in [1.82, 2.24) is 19.9 Å². The fourth-order valence-electron chi connectivity index (χ4n) is 2.71. The Morgan fingerprint density at radius 3 is 2.85 bits per heavy atom. The first-order valence-corrected chi connectivity index (χ1v) is 9.00. The minimum Gasteiger partial charge on any atom is -0.441 e. The van der Waals surface area contributed by atoms with Crippen LogP contribution in [0.25, 0.3) is 16.7 Å². The van der Waals surface area contributed by atoms with Crippen LogP contribution in [0, 0.1) is 5.82 Å². The number of carbonyl (C=O) groups excluding carboxylic acids is 1. The third-order valence-electron chi connectivity index (χ3n) is 3.74. The van der Waals surface area contributed by atoms with Crippen LogP contribution >= 0.6 is 0 Å². The Morgan fingerprint density at radius 1 is 1.37 bits per heavy atom. The maximum absolute atomic E-state index is 13.8. The van der Waals surface area contributed by atoms with E-state index in [9.17, 15) is 13.4 Å². The molecule has 0 bridgehead atoms. The molecule has 10 heteroatoms. The molecule has 0 aliphatic heterocycles. The zero-order chi connectivity index (χ0) is 19.6. The highest BCUT2D eigenvalue weighted by atomic mass is 32.2. The van der Waals surface area contributed by atoms with Gasteiger partial charge in [-0.05, 0) is 25.1 Å². The van der Waals surface area contributed by atoms with Gasteiger partial charge in [0.1, 0.15) is 11.6 Å². The molecule has 1 atom stereocenters. The Morgan fingerprint density at radius 2 is 2.15 bits per heavy atom. The molecule has 27 heavy (non-hydrogen) atoms. The average Bonchev–Trinajstić information content (AvgIpc) is 3.00. The molecule has 3 aromatic rings. The van der Waals surface area contributed by atoms with Crippen molar-refractivity contribution in [2.75, 3.05) is 7.11 Å². The average molecular weight is 390 g/mol. The van der Waals surface area contributed by atoms with Crippen LogP contribution in [0.15, 0.2) is 41.0 Å². The number of hydrogen-bond acceptors (Lipinski definition) is 7. The van der Waals surface area contributed by atoms with Crippen LogP contribution in [0.3, 0.4) is 0 Å². The fraction of sp³-hybridized carbons (Fsp3) is 0.235. The summed E-state index contributed by atoms with van der Waals surface area (Å²) >= 11 is 0. The van der Waals surface area contributed by atoms with Crippen molar-refractivity contribution in [1.29, 1.82) is 0 Å². The zero-order valence-corrected chi connectivity index (χ0v) is 15.7. The third-order valence-corrected chi connectivity index (χ3v) is 4.38. The van der Waals surface area contributed by atoms with Gasteiger partial charge in [-0.15, -0.1) is 0 Å². The second-order valence-electron chi connectivity index (χ2n) is 5.74. The van der Waals surface area contributed by atoms with E-state index in [1.54, 1.807) is 29.8 Å². The topological polar surface area (TPSA) is 98.5 Å². The molecular weight excluding hydrogens is 373 g/mol. The summed E-state index contributed by atoms with van der Waals surface area (Å²) in [5, 5.41) is 2.77. The van der Waals surface area contributed by atoms with E-state index in [2.05, 4.69) is 23.8 Å². The highest BCUT2D eigenvalue weighted by Crippen LogP contribution is 2.27. The van der Waals surface area contributed by atoms with Crippen LogP contribution in [-0.4, -0.2) is 27.6 Å². The second kappa shape index (κ2) is 7.80. The number of fused-ring (bicyclic) bond motifs is 1. The van der Waals surface area contributed by atoms with Gasteiger partial charge in [0, 0.05) is 20.1 Å². The maximum atomic E-state index is 13.8. The van der Waals surface area contributed by atoms with Gasteiger partial charge in [0.05, 0.1) is 40.8 Å². The highest BCUT2D eigenvalue weighted by Gasteiger charge is 2.19. The number of rotatable bonds is 5. The number of pyridine rings is 1.